The van der Waals surface area contributed by atoms with Crippen molar-refractivity contribution in [3.05, 3.63) is 115 Å². The van der Waals surface area contributed by atoms with Crippen LogP contribution in [0.2, 0.25) is 5.02 Å². The fourth-order valence-electron chi connectivity index (χ4n) is 5.31. The normalized spacial score (nSPS) is 25.2. The lowest BCUT2D eigenvalue weighted by molar-refractivity contribution is -0.262. The molecule has 0 amide bonds. The summed E-state index contributed by atoms with van der Waals surface area (Å²) in [6.07, 6.45) is 6.08. The standard InChI is InChI=1S/C35H43ClO7/c1-5-16-37-24-31-33(39-17-6-2)35(41-19-8-4)34(40-18-7-3)32(43-31)26-11-14-30(36)27(22-26)21-25-9-12-28(13-10-25)42-29-15-20-38-23-29/h5-14,22,29,31-35H,1-4,15-21,23-24H2/t29?,31-,32+,33-,34+,35+/m1/s1. The molecule has 7 nitrogen and oxygen atoms in total. The van der Waals surface area contributed by atoms with Crippen LogP contribution in [0.5, 0.6) is 5.75 Å². The zero-order chi connectivity index (χ0) is 30.4. The Bertz CT molecular complexity index is 1180. The van der Waals surface area contributed by atoms with Gasteiger partial charge in [-0.2, -0.15) is 0 Å². The zero-order valence-electron chi connectivity index (χ0n) is 24.7. The second-order valence-corrected chi connectivity index (χ2v) is 10.9. The first-order chi connectivity index (χ1) is 21.1. The minimum Gasteiger partial charge on any atom is -0.488 e. The summed E-state index contributed by atoms with van der Waals surface area (Å²) in [7, 11) is 0. The summed E-state index contributed by atoms with van der Waals surface area (Å²) in [6, 6.07) is 14.1. The van der Waals surface area contributed by atoms with Crippen LogP contribution in [0.1, 0.15) is 29.2 Å². The van der Waals surface area contributed by atoms with Crippen LogP contribution in [-0.2, 0) is 34.8 Å². The molecule has 6 atom stereocenters. The molecule has 2 heterocycles. The van der Waals surface area contributed by atoms with E-state index in [1.807, 2.05) is 24.3 Å². The topological polar surface area (TPSA) is 64.6 Å². The summed E-state index contributed by atoms with van der Waals surface area (Å²) in [6.45, 7) is 18.2. The smallest absolute Gasteiger partial charge is 0.124 e. The van der Waals surface area contributed by atoms with Gasteiger partial charge >= 0.3 is 0 Å². The predicted molar refractivity (Wildman–Crippen MR) is 169 cm³/mol. The van der Waals surface area contributed by atoms with Crippen molar-refractivity contribution in [2.24, 2.45) is 0 Å². The predicted octanol–water partition coefficient (Wildman–Crippen LogP) is 6.45. The summed E-state index contributed by atoms with van der Waals surface area (Å²) < 4.78 is 42.8. The van der Waals surface area contributed by atoms with E-state index in [1.165, 1.54) is 0 Å². The van der Waals surface area contributed by atoms with E-state index in [1.54, 1.807) is 24.3 Å². The number of ether oxygens (including phenoxy) is 7. The summed E-state index contributed by atoms with van der Waals surface area (Å²) in [5.74, 6) is 0.834. The van der Waals surface area contributed by atoms with Crippen LogP contribution >= 0.6 is 11.6 Å². The Morgan fingerprint density at radius 1 is 0.814 bits per heavy atom. The Morgan fingerprint density at radius 3 is 2.14 bits per heavy atom. The summed E-state index contributed by atoms with van der Waals surface area (Å²) in [5.41, 5.74) is 2.99. The fraction of sp³-hybridized carbons (Fsp3) is 0.429. The van der Waals surface area contributed by atoms with Crippen molar-refractivity contribution >= 4 is 11.6 Å². The molecule has 2 fully saturated rings. The molecule has 0 saturated carbocycles. The van der Waals surface area contributed by atoms with Gasteiger partial charge in [-0.3, -0.25) is 0 Å². The van der Waals surface area contributed by atoms with Gasteiger partial charge in [0.1, 0.15) is 42.4 Å². The molecule has 0 spiro atoms. The highest BCUT2D eigenvalue weighted by atomic mass is 35.5. The van der Waals surface area contributed by atoms with Crippen LogP contribution in [-0.4, -0.2) is 76.8 Å². The molecule has 8 heteroatoms. The molecule has 0 radical (unpaired) electrons. The van der Waals surface area contributed by atoms with Crippen LogP contribution in [0, 0.1) is 0 Å². The second-order valence-electron chi connectivity index (χ2n) is 10.5. The van der Waals surface area contributed by atoms with Gasteiger partial charge < -0.3 is 33.2 Å². The molecule has 2 saturated heterocycles. The second kappa shape index (κ2) is 17.5. The number of halogens is 1. The van der Waals surface area contributed by atoms with Crippen LogP contribution in [0.3, 0.4) is 0 Å². The maximum atomic E-state index is 6.72. The fourth-order valence-corrected chi connectivity index (χ4v) is 5.49. The summed E-state index contributed by atoms with van der Waals surface area (Å²) in [5, 5.41) is 0.670. The maximum Gasteiger partial charge on any atom is 0.124 e. The van der Waals surface area contributed by atoms with E-state index in [0.717, 1.165) is 35.5 Å². The number of benzene rings is 2. The van der Waals surface area contributed by atoms with Crippen LogP contribution in [0.25, 0.3) is 0 Å². The van der Waals surface area contributed by atoms with Gasteiger partial charge in [0, 0.05) is 11.4 Å². The van der Waals surface area contributed by atoms with Crippen molar-refractivity contribution in [3.63, 3.8) is 0 Å². The van der Waals surface area contributed by atoms with Crippen LogP contribution in [0.4, 0.5) is 0 Å². The summed E-state index contributed by atoms with van der Waals surface area (Å²) in [4.78, 5) is 0. The summed E-state index contributed by atoms with van der Waals surface area (Å²) >= 11 is 6.72. The van der Waals surface area contributed by atoms with E-state index < -0.39 is 30.5 Å². The molecular formula is C35H43ClO7. The molecule has 43 heavy (non-hydrogen) atoms. The SMILES string of the molecule is C=CCOC[C@H]1O[C@@H](c2ccc(Cl)c(Cc3ccc(OC4CCOC4)cc3)c2)[C@H](OCC=C)[C@@H](OCC=C)[C@@H]1OCC=C. The number of hydrogen-bond donors (Lipinski definition) is 0. The Hall–Kier alpha value is -2.75. The lowest BCUT2D eigenvalue weighted by Crippen LogP contribution is -2.58. The van der Waals surface area contributed by atoms with Crippen molar-refractivity contribution in [1.29, 1.82) is 0 Å². The van der Waals surface area contributed by atoms with E-state index in [-0.39, 0.29) is 12.7 Å². The molecule has 0 aromatic heterocycles. The molecule has 2 aromatic carbocycles. The highest BCUT2D eigenvalue weighted by Crippen LogP contribution is 2.39. The van der Waals surface area contributed by atoms with E-state index in [9.17, 15) is 0 Å². The third-order valence-corrected chi connectivity index (χ3v) is 7.65. The molecule has 4 rings (SSSR count). The Morgan fingerprint density at radius 2 is 1.49 bits per heavy atom. The average molecular weight is 611 g/mol. The number of hydrogen-bond acceptors (Lipinski definition) is 7. The van der Waals surface area contributed by atoms with Crippen molar-refractivity contribution in [1.82, 2.24) is 0 Å². The van der Waals surface area contributed by atoms with E-state index >= 15 is 0 Å². The third kappa shape index (κ3) is 9.37. The van der Waals surface area contributed by atoms with E-state index in [4.69, 9.17) is 44.8 Å². The van der Waals surface area contributed by atoms with Gasteiger partial charge in [0.25, 0.3) is 0 Å². The lowest BCUT2D eigenvalue weighted by Gasteiger charge is -2.46. The highest BCUT2D eigenvalue weighted by molar-refractivity contribution is 6.31. The largest absolute Gasteiger partial charge is 0.488 e. The minimum absolute atomic E-state index is 0.107. The molecule has 1 unspecified atom stereocenters. The number of rotatable bonds is 18. The molecule has 2 aliphatic rings. The Balaban J connectivity index is 1.61. The quantitative estimate of drug-likeness (QED) is 0.142. The van der Waals surface area contributed by atoms with Gasteiger partial charge in [0.2, 0.25) is 0 Å². The molecule has 0 aliphatic carbocycles. The van der Waals surface area contributed by atoms with Gasteiger partial charge in [-0.1, -0.05) is 60.2 Å². The maximum absolute atomic E-state index is 6.72. The van der Waals surface area contributed by atoms with Crippen molar-refractivity contribution in [2.75, 3.05) is 46.2 Å². The first-order valence-electron chi connectivity index (χ1n) is 14.7. The monoisotopic (exact) mass is 610 g/mol. The van der Waals surface area contributed by atoms with Crippen molar-refractivity contribution in [2.45, 2.75) is 49.5 Å². The van der Waals surface area contributed by atoms with Crippen LogP contribution < -0.4 is 4.74 Å². The third-order valence-electron chi connectivity index (χ3n) is 7.28. The van der Waals surface area contributed by atoms with Crippen molar-refractivity contribution in [3.8, 4) is 5.75 Å². The van der Waals surface area contributed by atoms with Crippen molar-refractivity contribution < 1.29 is 33.2 Å². The molecule has 2 aliphatic heterocycles. The Kier molecular flexibility index (Phi) is 13.5. The molecule has 2 aromatic rings. The van der Waals surface area contributed by atoms with Gasteiger partial charge in [0.15, 0.2) is 0 Å². The average Bonchev–Trinajstić information content (AvgIpc) is 3.53. The lowest BCUT2D eigenvalue weighted by atomic mass is 9.89. The molecular weight excluding hydrogens is 568 g/mol. The van der Waals surface area contributed by atoms with Gasteiger partial charge in [-0.15, -0.1) is 26.3 Å². The highest BCUT2D eigenvalue weighted by Gasteiger charge is 2.48. The minimum atomic E-state index is -0.506. The first-order valence-corrected chi connectivity index (χ1v) is 15.1. The van der Waals surface area contributed by atoms with Gasteiger partial charge in [-0.05, 0) is 41.3 Å². The Labute approximate surface area is 260 Å². The molecule has 0 N–H and O–H groups in total. The molecule has 232 valence electrons. The zero-order valence-corrected chi connectivity index (χ0v) is 25.5. The van der Waals surface area contributed by atoms with E-state index in [2.05, 4.69) is 44.5 Å². The van der Waals surface area contributed by atoms with Gasteiger partial charge in [-0.25, -0.2) is 0 Å². The first kappa shape index (κ1) is 33.1. The van der Waals surface area contributed by atoms with Gasteiger partial charge in [0.05, 0.1) is 46.2 Å². The van der Waals surface area contributed by atoms with Crippen LogP contribution in [0.15, 0.2) is 93.1 Å². The molecule has 0 bridgehead atoms. The van der Waals surface area contributed by atoms with E-state index in [0.29, 0.717) is 44.5 Å².